The van der Waals surface area contributed by atoms with E-state index in [0.29, 0.717) is 12.3 Å². The number of hydrogen-bond acceptors (Lipinski definition) is 2. The van der Waals surface area contributed by atoms with Gasteiger partial charge in [-0.25, -0.2) is 0 Å². The maximum atomic E-state index is 11.9. The lowest BCUT2D eigenvalue weighted by atomic mass is 10.0. The van der Waals surface area contributed by atoms with Crippen molar-refractivity contribution in [3.8, 4) is 0 Å². The molecule has 0 fully saturated rings. The van der Waals surface area contributed by atoms with Gasteiger partial charge < -0.3 is 11.1 Å². The Morgan fingerprint density at radius 2 is 1.89 bits per heavy atom. The summed E-state index contributed by atoms with van der Waals surface area (Å²) in [5.74, 6) is 0.360. The fourth-order valence-corrected chi connectivity index (χ4v) is 2.09. The van der Waals surface area contributed by atoms with Crippen molar-refractivity contribution in [3.63, 3.8) is 0 Å². The van der Waals surface area contributed by atoms with Crippen LogP contribution in [0.1, 0.15) is 44.4 Å². The predicted molar refractivity (Wildman–Crippen MR) is 75.2 cm³/mol. The Kier molecular flexibility index (Phi) is 5.35. The number of nitrogens with one attached hydrogen (secondary N) is 1. The van der Waals surface area contributed by atoms with Gasteiger partial charge in [-0.3, -0.25) is 4.79 Å². The van der Waals surface area contributed by atoms with Crippen molar-refractivity contribution in [1.82, 2.24) is 5.32 Å². The van der Waals surface area contributed by atoms with Crippen molar-refractivity contribution in [2.75, 3.05) is 0 Å². The molecular weight excluding hydrogens is 224 g/mol. The molecule has 0 heterocycles. The molecule has 0 saturated carbocycles. The summed E-state index contributed by atoms with van der Waals surface area (Å²) in [6.45, 7) is 8.17. The third-order valence-electron chi connectivity index (χ3n) is 3.08. The molecule has 0 saturated heterocycles. The van der Waals surface area contributed by atoms with Crippen LogP contribution in [-0.4, -0.2) is 11.9 Å². The lowest BCUT2D eigenvalue weighted by molar-refractivity contribution is -0.123. The normalized spacial score (nSPS) is 14.3. The number of rotatable bonds is 5. The maximum absolute atomic E-state index is 11.9. The first kappa shape index (κ1) is 14.7. The third kappa shape index (κ3) is 4.15. The molecule has 1 amide bonds. The zero-order valence-corrected chi connectivity index (χ0v) is 11.7. The average Bonchev–Trinajstić information content (AvgIpc) is 2.28. The largest absolute Gasteiger partial charge is 0.348 e. The van der Waals surface area contributed by atoms with E-state index < -0.39 is 6.04 Å². The first-order valence-corrected chi connectivity index (χ1v) is 6.53. The molecule has 0 aromatic heterocycles. The molecule has 1 rings (SSSR count). The van der Waals surface area contributed by atoms with E-state index in [1.165, 1.54) is 5.56 Å². The summed E-state index contributed by atoms with van der Waals surface area (Å²) in [5.41, 5.74) is 8.19. The van der Waals surface area contributed by atoms with Gasteiger partial charge in [-0.2, -0.15) is 0 Å². The average molecular weight is 248 g/mol. The van der Waals surface area contributed by atoms with Gasteiger partial charge in [0.2, 0.25) is 5.91 Å². The van der Waals surface area contributed by atoms with Gasteiger partial charge in [0.15, 0.2) is 0 Å². The minimum atomic E-state index is -0.420. The summed E-state index contributed by atoms with van der Waals surface area (Å²) in [6.07, 6.45) is 0.715. The Bertz CT molecular complexity index is 401. The molecule has 3 N–H and O–H groups in total. The highest BCUT2D eigenvalue weighted by Crippen LogP contribution is 2.16. The minimum absolute atomic E-state index is 0.00286. The molecule has 1 aromatic rings. The summed E-state index contributed by atoms with van der Waals surface area (Å²) >= 11 is 0. The zero-order chi connectivity index (χ0) is 13.7. The lowest BCUT2D eigenvalue weighted by Crippen LogP contribution is -2.42. The van der Waals surface area contributed by atoms with Gasteiger partial charge in [-0.1, -0.05) is 38.1 Å². The Morgan fingerprint density at radius 3 is 2.44 bits per heavy atom. The summed E-state index contributed by atoms with van der Waals surface area (Å²) in [5, 5.41) is 2.98. The maximum Gasteiger partial charge on any atom is 0.237 e. The highest BCUT2D eigenvalue weighted by Gasteiger charge is 2.18. The van der Waals surface area contributed by atoms with Crippen molar-refractivity contribution in [2.45, 2.75) is 46.2 Å². The van der Waals surface area contributed by atoms with Crippen LogP contribution in [0.4, 0.5) is 0 Å². The van der Waals surface area contributed by atoms with E-state index in [0.717, 1.165) is 5.56 Å². The minimum Gasteiger partial charge on any atom is -0.348 e. The van der Waals surface area contributed by atoms with E-state index >= 15 is 0 Å². The second-order valence-corrected chi connectivity index (χ2v) is 5.32. The Morgan fingerprint density at radius 1 is 1.28 bits per heavy atom. The van der Waals surface area contributed by atoms with Crippen molar-refractivity contribution in [2.24, 2.45) is 11.7 Å². The highest BCUT2D eigenvalue weighted by atomic mass is 16.2. The molecule has 0 aliphatic rings. The Labute approximate surface area is 110 Å². The highest BCUT2D eigenvalue weighted by molar-refractivity contribution is 5.81. The zero-order valence-electron chi connectivity index (χ0n) is 11.7. The van der Waals surface area contributed by atoms with Crippen LogP contribution in [0.3, 0.4) is 0 Å². The SMILES string of the molecule is Cc1ccccc1[C@H](C)NC(=O)C(N)CC(C)C. The molecule has 3 heteroatoms. The summed E-state index contributed by atoms with van der Waals surface area (Å²) in [7, 11) is 0. The molecule has 1 aromatic carbocycles. The van der Waals surface area contributed by atoms with Crippen LogP contribution in [0.2, 0.25) is 0 Å². The van der Waals surface area contributed by atoms with Gasteiger partial charge >= 0.3 is 0 Å². The fraction of sp³-hybridized carbons (Fsp3) is 0.533. The Balaban J connectivity index is 2.62. The monoisotopic (exact) mass is 248 g/mol. The van der Waals surface area contributed by atoms with Gasteiger partial charge in [0.1, 0.15) is 0 Å². The quantitative estimate of drug-likeness (QED) is 0.841. The van der Waals surface area contributed by atoms with Gasteiger partial charge in [-0.15, -0.1) is 0 Å². The van der Waals surface area contributed by atoms with E-state index in [9.17, 15) is 4.79 Å². The number of carbonyl (C=O) groups excluding carboxylic acids is 1. The fourth-order valence-electron chi connectivity index (χ4n) is 2.09. The standard InChI is InChI=1S/C15H24N2O/c1-10(2)9-14(16)15(18)17-12(4)13-8-6-5-7-11(13)3/h5-8,10,12,14H,9,16H2,1-4H3,(H,17,18)/t12-,14?/m0/s1. The third-order valence-corrected chi connectivity index (χ3v) is 3.08. The van der Waals surface area contributed by atoms with E-state index in [2.05, 4.69) is 19.2 Å². The molecule has 0 bridgehead atoms. The van der Waals surface area contributed by atoms with Gasteiger partial charge in [0.05, 0.1) is 12.1 Å². The molecule has 0 spiro atoms. The van der Waals surface area contributed by atoms with Gasteiger partial charge in [-0.05, 0) is 37.3 Å². The molecule has 18 heavy (non-hydrogen) atoms. The number of carbonyl (C=O) groups is 1. The van der Waals surface area contributed by atoms with Crippen LogP contribution in [0.15, 0.2) is 24.3 Å². The van der Waals surface area contributed by atoms with E-state index in [1.807, 2.05) is 38.1 Å². The number of nitrogens with two attached hydrogens (primary N) is 1. The van der Waals surface area contributed by atoms with Crippen LogP contribution in [0.25, 0.3) is 0 Å². The number of aryl methyl sites for hydroxylation is 1. The molecule has 3 nitrogen and oxygen atoms in total. The van der Waals surface area contributed by atoms with Crippen LogP contribution in [0, 0.1) is 12.8 Å². The van der Waals surface area contributed by atoms with Crippen molar-refractivity contribution < 1.29 is 4.79 Å². The molecular formula is C15H24N2O. The molecule has 1 unspecified atom stereocenters. The van der Waals surface area contributed by atoms with Crippen molar-refractivity contribution in [1.29, 1.82) is 0 Å². The van der Waals surface area contributed by atoms with E-state index in [4.69, 9.17) is 5.73 Å². The van der Waals surface area contributed by atoms with Crippen LogP contribution < -0.4 is 11.1 Å². The summed E-state index contributed by atoms with van der Waals surface area (Å²) in [6, 6.07) is 7.64. The van der Waals surface area contributed by atoms with Crippen LogP contribution in [-0.2, 0) is 4.79 Å². The smallest absolute Gasteiger partial charge is 0.237 e. The lowest BCUT2D eigenvalue weighted by Gasteiger charge is -2.20. The predicted octanol–water partition coefficient (Wildman–Crippen LogP) is 2.55. The first-order valence-electron chi connectivity index (χ1n) is 6.53. The second-order valence-electron chi connectivity index (χ2n) is 5.32. The molecule has 100 valence electrons. The summed E-state index contributed by atoms with van der Waals surface area (Å²) in [4.78, 5) is 11.9. The molecule has 0 aliphatic carbocycles. The number of benzene rings is 1. The van der Waals surface area contributed by atoms with Gasteiger partial charge in [0.25, 0.3) is 0 Å². The topological polar surface area (TPSA) is 55.1 Å². The first-order chi connectivity index (χ1) is 8.41. The molecule has 0 aliphatic heterocycles. The number of hydrogen-bond donors (Lipinski definition) is 2. The Hall–Kier alpha value is -1.35. The molecule has 2 atom stereocenters. The second kappa shape index (κ2) is 6.55. The van der Waals surface area contributed by atoms with Crippen LogP contribution in [0.5, 0.6) is 0 Å². The van der Waals surface area contributed by atoms with Gasteiger partial charge in [0, 0.05) is 0 Å². The van der Waals surface area contributed by atoms with E-state index in [1.54, 1.807) is 0 Å². The van der Waals surface area contributed by atoms with E-state index in [-0.39, 0.29) is 11.9 Å². The molecule has 0 radical (unpaired) electrons. The van der Waals surface area contributed by atoms with Crippen molar-refractivity contribution in [3.05, 3.63) is 35.4 Å². The van der Waals surface area contributed by atoms with Crippen LogP contribution >= 0.6 is 0 Å². The van der Waals surface area contributed by atoms with Crippen molar-refractivity contribution >= 4 is 5.91 Å². The number of amides is 1. The summed E-state index contributed by atoms with van der Waals surface area (Å²) < 4.78 is 0.